The molecule has 0 saturated heterocycles. The first-order valence-electron chi connectivity index (χ1n) is 8.77. The van der Waals surface area contributed by atoms with Crippen LogP contribution in [0.3, 0.4) is 0 Å². The molecular formula is C17H32N5O2S+. The van der Waals surface area contributed by atoms with Gasteiger partial charge in [0, 0.05) is 0 Å². The molecule has 4 N–H and O–H groups in total. The maximum Gasteiger partial charge on any atom is 0.152 e. The van der Waals surface area contributed by atoms with Crippen LogP contribution < -0.4 is 16.8 Å². The van der Waals surface area contributed by atoms with Crippen LogP contribution in [0.1, 0.15) is 51.5 Å². The number of rotatable bonds is 11. The van der Waals surface area contributed by atoms with Crippen LogP contribution in [-0.2, 0) is 16.3 Å². The number of hydrogen-bond acceptors (Lipinski definition) is 4. The van der Waals surface area contributed by atoms with Crippen LogP contribution in [0.2, 0.25) is 0 Å². The number of unbranched alkanes of at least 4 members (excludes halogenated alkanes) is 4. The van der Waals surface area contributed by atoms with E-state index in [1.807, 2.05) is 12.1 Å². The molecule has 0 aliphatic heterocycles. The van der Waals surface area contributed by atoms with E-state index in [9.17, 15) is 8.42 Å². The Labute approximate surface area is 151 Å². The number of anilines is 1. The molecule has 0 saturated carbocycles. The number of nitrogens with two attached hydrogens (primary N) is 2. The SMILES string of the molecule is CC(C)S(=O)(=O)CCCCCCCc1ccc(N(N)[N+](C)=NN)cc1. The summed E-state index contributed by atoms with van der Waals surface area (Å²) in [6, 6.07) is 7.98. The van der Waals surface area contributed by atoms with Crippen molar-refractivity contribution in [1.29, 1.82) is 0 Å². The lowest BCUT2D eigenvalue weighted by Crippen LogP contribution is -2.38. The molecule has 7 nitrogen and oxygen atoms in total. The standard InChI is InChI=1S/C17H31N5O2S/c1-15(2)25(23,24)14-8-6-4-5-7-9-16-10-12-17(13-11-16)22(19)21(3)20-18/h10-13,15,18H,4-9,14,19H2,1-3H3/p+1. The summed E-state index contributed by atoms with van der Waals surface area (Å²) in [6.45, 7) is 3.49. The molecule has 1 aromatic carbocycles. The van der Waals surface area contributed by atoms with Gasteiger partial charge in [-0.25, -0.2) is 14.3 Å². The fourth-order valence-electron chi connectivity index (χ4n) is 2.44. The molecule has 0 aliphatic carbocycles. The molecule has 25 heavy (non-hydrogen) atoms. The molecule has 0 spiro atoms. The van der Waals surface area contributed by atoms with Crippen molar-refractivity contribution in [2.45, 2.75) is 57.6 Å². The molecule has 1 rings (SSSR count). The summed E-state index contributed by atoms with van der Waals surface area (Å²) in [5.41, 5.74) is 2.07. The van der Waals surface area contributed by atoms with E-state index in [0.29, 0.717) is 5.75 Å². The summed E-state index contributed by atoms with van der Waals surface area (Å²) in [4.78, 5) is 1.36. The van der Waals surface area contributed by atoms with E-state index >= 15 is 0 Å². The van der Waals surface area contributed by atoms with Crippen LogP contribution in [0.5, 0.6) is 0 Å². The Morgan fingerprint density at radius 3 is 2.20 bits per heavy atom. The number of aryl methyl sites for hydroxylation is 1. The van der Waals surface area contributed by atoms with E-state index in [4.69, 9.17) is 11.7 Å². The molecule has 0 aliphatic rings. The van der Waals surface area contributed by atoms with E-state index in [0.717, 1.165) is 44.2 Å². The van der Waals surface area contributed by atoms with Crippen molar-refractivity contribution in [1.82, 2.24) is 0 Å². The number of sulfone groups is 1. The van der Waals surface area contributed by atoms with Crippen molar-refractivity contribution in [3.8, 4) is 0 Å². The van der Waals surface area contributed by atoms with Gasteiger partial charge in [0.2, 0.25) is 0 Å². The zero-order valence-corrected chi connectivity index (χ0v) is 16.4. The van der Waals surface area contributed by atoms with Gasteiger partial charge in [-0.3, -0.25) is 0 Å². The molecule has 0 heterocycles. The first kappa shape index (κ1) is 21.4. The second kappa shape index (κ2) is 10.4. The highest BCUT2D eigenvalue weighted by atomic mass is 32.2. The van der Waals surface area contributed by atoms with Crippen molar-refractivity contribution in [3.05, 3.63) is 29.8 Å². The molecule has 1 aromatic rings. The van der Waals surface area contributed by atoms with E-state index in [1.54, 1.807) is 20.9 Å². The topological polar surface area (TPSA) is 105 Å². The molecule has 0 amide bonds. The van der Waals surface area contributed by atoms with Crippen LogP contribution >= 0.6 is 0 Å². The molecule has 0 radical (unpaired) electrons. The molecular weight excluding hydrogens is 338 g/mol. The molecule has 142 valence electrons. The second-order valence-corrected chi connectivity index (χ2v) is 9.23. The van der Waals surface area contributed by atoms with Gasteiger partial charge in [0.05, 0.1) is 16.7 Å². The summed E-state index contributed by atoms with van der Waals surface area (Å²) >= 11 is 0. The van der Waals surface area contributed by atoms with Crippen LogP contribution in [0.15, 0.2) is 29.5 Å². The highest BCUT2D eigenvalue weighted by Gasteiger charge is 2.14. The third kappa shape index (κ3) is 7.39. The third-order valence-electron chi connectivity index (χ3n) is 4.29. The lowest BCUT2D eigenvalue weighted by molar-refractivity contribution is -0.582. The van der Waals surface area contributed by atoms with Gasteiger partial charge in [-0.2, -0.15) is 5.84 Å². The first-order valence-corrected chi connectivity index (χ1v) is 10.5. The van der Waals surface area contributed by atoms with Crippen molar-refractivity contribution in [3.63, 3.8) is 0 Å². The molecule has 0 bridgehead atoms. The lowest BCUT2D eigenvalue weighted by atomic mass is 10.1. The van der Waals surface area contributed by atoms with E-state index < -0.39 is 9.84 Å². The van der Waals surface area contributed by atoms with Crippen molar-refractivity contribution in [2.75, 3.05) is 17.9 Å². The summed E-state index contributed by atoms with van der Waals surface area (Å²) in [6.07, 6.45) is 6.03. The van der Waals surface area contributed by atoms with Gasteiger partial charge in [0.15, 0.2) is 9.84 Å². The van der Waals surface area contributed by atoms with Gasteiger partial charge in [0.1, 0.15) is 12.3 Å². The molecule has 0 aromatic heterocycles. The maximum absolute atomic E-state index is 11.7. The van der Waals surface area contributed by atoms with Crippen LogP contribution in [-0.4, -0.2) is 31.3 Å². The van der Waals surface area contributed by atoms with E-state index in [2.05, 4.69) is 17.4 Å². The Bertz CT molecular complexity index is 642. The minimum Gasteiger partial charge on any atom is -0.229 e. The number of hydrazine groups is 2. The van der Waals surface area contributed by atoms with Crippen molar-refractivity contribution in [2.24, 2.45) is 16.9 Å². The lowest BCUT2D eigenvalue weighted by Gasteiger charge is -2.13. The largest absolute Gasteiger partial charge is 0.229 e. The Morgan fingerprint density at radius 1 is 1.08 bits per heavy atom. The molecule has 8 heteroatoms. The Balaban J connectivity index is 2.25. The van der Waals surface area contributed by atoms with Gasteiger partial charge < -0.3 is 0 Å². The highest BCUT2D eigenvalue weighted by Crippen LogP contribution is 2.15. The average Bonchev–Trinajstić information content (AvgIpc) is 2.59. The summed E-state index contributed by atoms with van der Waals surface area (Å²) in [5, 5.41) is 4.60. The Kier molecular flexibility index (Phi) is 8.85. The minimum absolute atomic E-state index is 0.266. The first-order chi connectivity index (χ1) is 11.8. The van der Waals surface area contributed by atoms with Gasteiger partial charge in [-0.05, 0) is 50.8 Å². The monoisotopic (exact) mass is 370 g/mol. The van der Waals surface area contributed by atoms with Gasteiger partial charge >= 0.3 is 0 Å². The summed E-state index contributed by atoms with van der Waals surface area (Å²) in [5.74, 6) is 11.4. The number of hydrogen-bond donors (Lipinski definition) is 2. The maximum atomic E-state index is 11.7. The second-order valence-electron chi connectivity index (χ2n) is 6.55. The van der Waals surface area contributed by atoms with Gasteiger partial charge in [0.25, 0.3) is 0 Å². The Morgan fingerprint density at radius 2 is 1.64 bits per heavy atom. The van der Waals surface area contributed by atoms with E-state index in [-0.39, 0.29) is 5.25 Å². The highest BCUT2D eigenvalue weighted by molar-refractivity contribution is 7.91. The van der Waals surface area contributed by atoms with Crippen LogP contribution in [0, 0.1) is 0 Å². The number of benzene rings is 1. The summed E-state index contributed by atoms with van der Waals surface area (Å²) in [7, 11) is -1.22. The molecule has 0 unspecified atom stereocenters. The predicted molar refractivity (Wildman–Crippen MR) is 102 cm³/mol. The van der Waals surface area contributed by atoms with E-state index in [1.165, 1.54) is 15.5 Å². The van der Waals surface area contributed by atoms with Gasteiger partial charge in [-0.1, -0.05) is 36.2 Å². The zero-order valence-electron chi connectivity index (χ0n) is 15.6. The van der Waals surface area contributed by atoms with Crippen LogP contribution in [0.4, 0.5) is 5.69 Å². The zero-order chi connectivity index (χ0) is 18.9. The van der Waals surface area contributed by atoms with Gasteiger partial charge in [-0.15, -0.1) is 5.12 Å². The molecule has 0 atom stereocenters. The fourth-order valence-corrected chi connectivity index (χ4v) is 3.51. The Hall–Kier alpha value is -1.67. The summed E-state index contributed by atoms with van der Waals surface area (Å²) < 4.78 is 23.4. The van der Waals surface area contributed by atoms with Crippen molar-refractivity contribution >= 4 is 15.5 Å². The minimum atomic E-state index is -2.89. The third-order valence-corrected chi connectivity index (χ3v) is 6.59. The normalized spacial score (nSPS) is 12.6. The smallest absolute Gasteiger partial charge is 0.152 e. The fraction of sp³-hybridized carbons (Fsp3) is 0.647. The predicted octanol–water partition coefficient (Wildman–Crippen LogP) is 2.57. The molecule has 0 fully saturated rings. The number of nitrogens with zero attached hydrogens (tertiary/aromatic N) is 3. The quantitative estimate of drug-likeness (QED) is 0.205. The average molecular weight is 371 g/mol. The van der Waals surface area contributed by atoms with Crippen LogP contribution in [0.25, 0.3) is 0 Å². The van der Waals surface area contributed by atoms with Crippen molar-refractivity contribution < 1.29 is 13.2 Å².